The van der Waals surface area contributed by atoms with Gasteiger partial charge in [0, 0.05) is 24.8 Å². The zero-order valence-corrected chi connectivity index (χ0v) is 15.5. The number of pyridine rings is 1. The van der Waals surface area contributed by atoms with Gasteiger partial charge >= 0.3 is 0 Å². The van der Waals surface area contributed by atoms with Gasteiger partial charge in [0.1, 0.15) is 11.3 Å². The van der Waals surface area contributed by atoms with E-state index in [9.17, 15) is 13.6 Å². The Labute approximate surface area is 164 Å². The second kappa shape index (κ2) is 6.47. The number of carbonyl (C=O) groups is 1. The summed E-state index contributed by atoms with van der Waals surface area (Å²) >= 11 is 0. The van der Waals surface area contributed by atoms with Gasteiger partial charge in [-0.15, -0.1) is 10.2 Å². The highest BCUT2D eigenvalue weighted by molar-refractivity contribution is 5.94. The van der Waals surface area contributed by atoms with E-state index in [1.807, 2.05) is 6.92 Å². The Hall–Kier alpha value is -3.62. The van der Waals surface area contributed by atoms with Crippen LogP contribution in [0, 0.1) is 11.6 Å². The van der Waals surface area contributed by atoms with Crippen LogP contribution in [0.3, 0.4) is 0 Å². The number of halogens is 2. The third-order valence-electron chi connectivity index (χ3n) is 5.23. The number of amides is 1. The minimum absolute atomic E-state index is 0.125. The third-order valence-corrected chi connectivity index (χ3v) is 5.23. The molecule has 0 bridgehead atoms. The lowest BCUT2D eigenvalue weighted by atomic mass is 10.1. The monoisotopic (exact) mass is 394 g/mol. The first-order valence-corrected chi connectivity index (χ1v) is 9.17. The lowest BCUT2D eigenvalue weighted by molar-refractivity contribution is 0.0638. The number of hydrogen-bond donors (Lipinski definition) is 0. The van der Waals surface area contributed by atoms with Crippen LogP contribution in [0.4, 0.5) is 8.78 Å². The van der Waals surface area contributed by atoms with Crippen molar-refractivity contribution < 1.29 is 13.6 Å². The topological polar surface area (TPSA) is 68.3 Å². The zero-order chi connectivity index (χ0) is 20.1. The molecule has 29 heavy (non-hydrogen) atoms. The van der Waals surface area contributed by atoms with Crippen LogP contribution in [0.2, 0.25) is 0 Å². The lowest BCUT2D eigenvalue weighted by Crippen LogP contribution is -2.41. The van der Waals surface area contributed by atoms with Gasteiger partial charge in [-0.3, -0.25) is 4.79 Å². The molecule has 0 fully saturated rings. The average molecular weight is 394 g/mol. The van der Waals surface area contributed by atoms with Crippen molar-refractivity contribution in [2.75, 3.05) is 6.54 Å². The Bertz CT molecular complexity index is 1230. The van der Waals surface area contributed by atoms with Crippen molar-refractivity contribution in [3.63, 3.8) is 0 Å². The lowest BCUT2D eigenvalue weighted by Gasteiger charge is -2.33. The quantitative estimate of drug-likeness (QED) is 0.524. The fraction of sp³-hybridized carbons (Fsp3) is 0.200. The summed E-state index contributed by atoms with van der Waals surface area (Å²) in [7, 11) is 0. The van der Waals surface area contributed by atoms with Crippen LogP contribution in [-0.2, 0) is 6.54 Å². The van der Waals surface area contributed by atoms with Crippen LogP contribution in [0.5, 0.6) is 0 Å². The Morgan fingerprint density at radius 1 is 1.07 bits per heavy atom. The molecule has 4 aromatic rings. The van der Waals surface area contributed by atoms with E-state index in [0.717, 1.165) is 0 Å². The summed E-state index contributed by atoms with van der Waals surface area (Å²) in [6.45, 7) is 2.64. The maximum atomic E-state index is 14.9. The molecule has 0 spiro atoms. The van der Waals surface area contributed by atoms with Crippen molar-refractivity contribution in [2.45, 2.75) is 19.5 Å². The molecule has 1 aromatic carbocycles. The predicted octanol–water partition coefficient (Wildman–Crippen LogP) is 3.09. The van der Waals surface area contributed by atoms with Gasteiger partial charge in [0.25, 0.3) is 5.91 Å². The maximum Gasteiger partial charge on any atom is 0.254 e. The van der Waals surface area contributed by atoms with Gasteiger partial charge in [0.2, 0.25) is 0 Å². The van der Waals surface area contributed by atoms with E-state index in [-0.39, 0.29) is 17.6 Å². The molecule has 1 unspecified atom stereocenters. The highest BCUT2D eigenvalue weighted by Gasteiger charge is 2.33. The number of hydrogen-bond acceptors (Lipinski definition) is 4. The van der Waals surface area contributed by atoms with E-state index in [1.165, 1.54) is 28.8 Å². The number of fused-ring (bicyclic) bond motifs is 2. The second-order valence-electron chi connectivity index (χ2n) is 6.91. The van der Waals surface area contributed by atoms with Gasteiger partial charge in [-0.05, 0) is 43.3 Å². The normalized spacial score (nSPS) is 16.2. The number of benzene rings is 1. The molecular formula is C20H16F2N6O. The van der Waals surface area contributed by atoms with Gasteiger partial charge in [-0.25, -0.2) is 13.3 Å². The fourth-order valence-corrected chi connectivity index (χ4v) is 3.71. The molecule has 7 nitrogen and oxygen atoms in total. The molecule has 1 aliphatic heterocycles. The van der Waals surface area contributed by atoms with Crippen molar-refractivity contribution in [3.8, 4) is 11.5 Å². The minimum Gasteiger partial charge on any atom is -0.327 e. The molecule has 1 amide bonds. The molecule has 3 aromatic heterocycles. The largest absolute Gasteiger partial charge is 0.327 e. The summed E-state index contributed by atoms with van der Waals surface area (Å²) in [5.74, 6) is -0.183. The van der Waals surface area contributed by atoms with Gasteiger partial charge in [0.05, 0.1) is 6.04 Å². The molecule has 0 saturated heterocycles. The SMILES string of the molecule is CC1c2nnc(-c3nn4ccccc4c3F)n2CCN1C(=O)c1ccc(F)cc1. The van der Waals surface area contributed by atoms with E-state index in [1.54, 1.807) is 33.9 Å². The van der Waals surface area contributed by atoms with E-state index < -0.39 is 11.6 Å². The molecule has 4 heterocycles. The first-order valence-electron chi connectivity index (χ1n) is 9.17. The van der Waals surface area contributed by atoms with Crippen molar-refractivity contribution in [2.24, 2.45) is 0 Å². The van der Waals surface area contributed by atoms with Crippen LogP contribution in [0.15, 0.2) is 48.7 Å². The van der Waals surface area contributed by atoms with E-state index in [0.29, 0.717) is 35.8 Å². The number of rotatable bonds is 2. The van der Waals surface area contributed by atoms with E-state index in [4.69, 9.17) is 0 Å². The molecule has 9 heteroatoms. The van der Waals surface area contributed by atoms with Gasteiger partial charge in [0.15, 0.2) is 23.2 Å². The van der Waals surface area contributed by atoms with Crippen molar-refractivity contribution in [1.82, 2.24) is 29.3 Å². The Morgan fingerprint density at radius 3 is 2.62 bits per heavy atom. The second-order valence-corrected chi connectivity index (χ2v) is 6.91. The third kappa shape index (κ3) is 2.69. The summed E-state index contributed by atoms with van der Waals surface area (Å²) in [6.07, 6.45) is 1.67. The van der Waals surface area contributed by atoms with Crippen molar-refractivity contribution >= 4 is 11.4 Å². The maximum absolute atomic E-state index is 14.9. The van der Waals surface area contributed by atoms with Crippen molar-refractivity contribution in [3.05, 3.63) is 71.7 Å². The Kier molecular flexibility index (Phi) is 3.90. The van der Waals surface area contributed by atoms with E-state index in [2.05, 4.69) is 15.3 Å². The first-order chi connectivity index (χ1) is 14.0. The van der Waals surface area contributed by atoms with Crippen LogP contribution >= 0.6 is 0 Å². The summed E-state index contributed by atoms with van der Waals surface area (Å²) < 4.78 is 31.3. The van der Waals surface area contributed by atoms with Gasteiger partial charge in [-0.1, -0.05) is 6.07 Å². The van der Waals surface area contributed by atoms with Crippen LogP contribution in [0.25, 0.3) is 17.0 Å². The van der Waals surface area contributed by atoms with Gasteiger partial charge in [-0.2, -0.15) is 5.10 Å². The summed E-state index contributed by atoms with van der Waals surface area (Å²) in [4.78, 5) is 14.5. The molecule has 5 rings (SSSR count). The summed E-state index contributed by atoms with van der Waals surface area (Å²) in [5.41, 5.74) is 0.884. The average Bonchev–Trinajstić information content (AvgIpc) is 3.30. The van der Waals surface area contributed by atoms with Crippen LogP contribution < -0.4 is 0 Å². The summed E-state index contributed by atoms with van der Waals surface area (Å²) in [6, 6.07) is 10.2. The molecule has 0 radical (unpaired) electrons. The molecule has 146 valence electrons. The highest BCUT2D eigenvalue weighted by atomic mass is 19.1. The highest BCUT2D eigenvalue weighted by Crippen LogP contribution is 2.30. The zero-order valence-electron chi connectivity index (χ0n) is 15.5. The predicted molar refractivity (Wildman–Crippen MR) is 100 cm³/mol. The van der Waals surface area contributed by atoms with Crippen LogP contribution in [-0.4, -0.2) is 41.7 Å². The van der Waals surface area contributed by atoms with E-state index >= 15 is 0 Å². The fourth-order valence-electron chi connectivity index (χ4n) is 3.71. The number of carbonyl (C=O) groups excluding carboxylic acids is 1. The van der Waals surface area contributed by atoms with Crippen LogP contribution in [0.1, 0.15) is 29.1 Å². The molecule has 0 aliphatic carbocycles. The van der Waals surface area contributed by atoms with Gasteiger partial charge < -0.3 is 9.47 Å². The first kappa shape index (κ1) is 17.5. The Morgan fingerprint density at radius 2 is 1.86 bits per heavy atom. The molecule has 1 atom stereocenters. The molecular weight excluding hydrogens is 378 g/mol. The molecule has 1 aliphatic rings. The number of aromatic nitrogens is 5. The standard InChI is InChI=1S/C20H16F2N6O/c1-12-18-23-24-19(17-16(22)15-4-2-3-9-28(15)25-17)27(18)11-10-26(12)20(29)13-5-7-14(21)8-6-13/h2-9,12H,10-11H2,1H3. The molecule has 0 N–H and O–H groups in total. The number of nitrogens with zero attached hydrogens (tertiary/aromatic N) is 6. The smallest absolute Gasteiger partial charge is 0.254 e. The summed E-state index contributed by atoms with van der Waals surface area (Å²) in [5, 5.41) is 12.7. The molecule has 0 saturated carbocycles. The van der Waals surface area contributed by atoms with Crippen molar-refractivity contribution in [1.29, 1.82) is 0 Å². The Balaban J connectivity index is 1.50. The minimum atomic E-state index is -0.460.